The number of carbonyl (C=O) groups is 8. The Morgan fingerprint density at radius 2 is 1.34 bits per heavy atom. The number of guanidine groups is 1. The fraction of sp³-hybridized carbons (Fsp3) is 0.452. The van der Waals surface area contributed by atoms with Crippen molar-refractivity contribution in [2.75, 3.05) is 18.8 Å². The van der Waals surface area contributed by atoms with Crippen LogP contribution in [0.4, 0.5) is 0 Å². The molecule has 0 bridgehead atoms. The number of para-hydroxylation sites is 1. The fourth-order valence-corrected chi connectivity index (χ4v) is 5.23. The second-order valence-corrected chi connectivity index (χ2v) is 12.1. The molecule has 0 saturated carbocycles. The summed E-state index contributed by atoms with van der Waals surface area (Å²) in [6, 6.07) is -0.445. The molecule has 21 nitrogen and oxygen atoms in total. The van der Waals surface area contributed by atoms with Gasteiger partial charge in [0.05, 0.1) is 13.0 Å². The normalized spacial score (nSPS) is 13.6. The number of nitrogens with zero attached hydrogens (tertiary/aromatic N) is 1. The highest BCUT2D eigenvalue weighted by Crippen LogP contribution is 2.19. The van der Waals surface area contributed by atoms with Crippen molar-refractivity contribution < 1.29 is 48.6 Å². The lowest BCUT2D eigenvalue weighted by molar-refractivity contribution is -0.143. The van der Waals surface area contributed by atoms with E-state index in [0.717, 1.165) is 5.52 Å². The first-order valence-electron chi connectivity index (χ1n) is 16.2. The summed E-state index contributed by atoms with van der Waals surface area (Å²) in [6.07, 6.45) is -0.0309. The molecule has 0 saturated heterocycles. The number of H-pyrrole nitrogens is 1. The Balaban J connectivity index is 2.23. The van der Waals surface area contributed by atoms with Gasteiger partial charge in [0.15, 0.2) is 5.96 Å². The van der Waals surface area contributed by atoms with Gasteiger partial charge in [-0.15, -0.1) is 0 Å². The quantitative estimate of drug-likeness (QED) is 0.0222. The molecule has 0 fully saturated rings. The lowest BCUT2D eigenvalue weighted by Crippen LogP contribution is -2.59. The standard InChI is InChI=1S/C31H45N11O10S/c32-12-24(44)38-19(7-8-23(33)43)27(48)39-18(6-3-9-36-31(34)35)26(47)42-22(14-53)29(50)40-20(11-25(45)46)28(49)41-21(30(51)52)10-15-13-37-17-5-2-1-4-16(15)17/h1-2,4-5,13,18-22,37,53H,3,6-12,14,32H2,(H2,33,43)(H,38,44)(H,39,48)(H,40,50)(H,41,49)(H,42,47)(H,45,46)(H,51,52)(H4,34,35,36)/t18-,19-,20-,21-,22-/m0/s1. The number of benzene rings is 1. The molecular formula is C31H45N11O10S. The van der Waals surface area contributed by atoms with Gasteiger partial charge in [-0.05, 0) is 30.9 Å². The number of primary amides is 1. The topological polar surface area (TPSA) is 369 Å². The van der Waals surface area contributed by atoms with Crippen molar-refractivity contribution >= 4 is 76.9 Å². The predicted octanol–water partition coefficient (Wildman–Crippen LogP) is -4.10. The molecule has 2 rings (SSSR count). The molecule has 0 aliphatic rings. The number of carbonyl (C=O) groups excluding carboxylic acids is 6. The number of fused-ring (bicyclic) bond motifs is 1. The summed E-state index contributed by atoms with van der Waals surface area (Å²) >= 11 is 4.10. The summed E-state index contributed by atoms with van der Waals surface area (Å²) in [5.41, 5.74) is 22.5. The summed E-state index contributed by atoms with van der Waals surface area (Å²) in [6.45, 7) is -0.444. The van der Waals surface area contributed by atoms with Crippen LogP contribution in [0.3, 0.4) is 0 Å². The maximum absolute atomic E-state index is 13.5. The zero-order valence-corrected chi connectivity index (χ0v) is 29.4. The zero-order valence-electron chi connectivity index (χ0n) is 28.5. The third-order valence-corrected chi connectivity index (χ3v) is 8.00. The van der Waals surface area contributed by atoms with E-state index in [-0.39, 0.29) is 50.4 Å². The molecule has 1 aromatic carbocycles. The molecule has 16 N–H and O–H groups in total. The van der Waals surface area contributed by atoms with Gasteiger partial charge in [-0.25, -0.2) is 4.79 Å². The number of hydrogen-bond donors (Lipinski definition) is 13. The number of nitrogens with two attached hydrogens (primary N) is 4. The van der Waals surface area contributed by atoms with Crippen LogP contribution in [-0.4, -0.2) is 118 Å². The SMILES string of the molecule is NCC(=O)N[C@@H](CCC(N)=O)C(=O)N[C@@H](CCCN=C(N)N)C(=O)N[C@@H](CS)C(=O)N[C@@H](CC(=O)O)C(=O)N[C@@H](Cc1c[nH]c2ccccc12)C(=O)O. The molecule has 22 heteroatoms. The van der Waals surface area contributed by atoms with Gasteiger partial charge < -0.3 is 64.7 Å². The van der Waals surface area contributed by atoms with Crippen molar-refractivity contribution in [1.82, 2.24) is 31.6 Å². The van der Waals surface area contributed by atoms with Crippen LogP contribution >= 0.6 is 12.6 Å². The number of rotatable bonds is 23. The van der Waals surface area contributed by atoms with Gasteiger partial charge in [0.25, 0.3) is 0 Å². The second-order valence-electron chi connectivity index (χ2n) is 11.7. The molecule has 290 valence electrons. The maximum atomic E-state index is 13.5. The molecule has 53 heavy (non-hydrogen) atoms. The maximum Gasteiger partial charge on any atom is 0.326 e. The van der Waals surface area contributed by atoms with Crippen molar-refractivity contribution in [3.63, 3.8) is 0 Å². The molecule has 2 aromatic rings. The Kier molecular flexibility index (Phi) is 17.5. The van der Waals surface area contributed by atoms with Gasteiger partial charge in [-0.3, -0.25) is 38.6 Å². The van der Waals surface area contributed by atoms with Gasteiger partial charge >= 0.3 is 11.9 Å². The third-order valence-electron chi connectivity index (χ3n) is 7.64. The lowest BCUT2D eigenvalue weighted by atomic mass is 10.0. The number of nitrogens with one attached hydrogen (secondary N) is 6. The summed E-state index contributed by atoms with van der Waals surface area (Å²) in [5.74, 6) is -9.02. The van der Waals surface area contributed by atoms with Crippen LogP contribution in [0.1, 0.15) is 37.7 Å². The van der Waals surface area contributed by atoms with Crippen LogP contribution in [-0.2, 0) is 44.8 Å². The molecule has 5 atom stereocenters. The van der Waals surface area contributed by atoms with Crippen molar-refractivity contribution in [2.24, 2.45) is 27.9 Å². The van der Waals surface area contributed by atoms with Crippen molar-refractivity contribution in [3.8, 4) is 0 Å². The average molecular weight is 764 g/mol. The Labute approximate surface area is 308 Å². The van der Waals surface area contributed by atoms with Gasteiger partial charge in [-0.2, -0.15) is 12.6 Å². The van der Waals surface area contributed by atoms with Crippen molar-refractivity contribution in [3.05, 3.63) is 36.0 Å². The number of hydrogen-bond acceptors (Lipinski definition) is 11. The Hall–Kier alpha value is -5.90. The summed E-state index contributed by atoms with van der Waals surface area (Å²) in [4.78, 5) is 107. The Morgan fingerprint density at radius 1 is 0.774 bits per heavy atom. The highest BCUT2D eigenvalue weighted by atomic mass is 32.1. The first-order valence-corrected chi connectivity index (χ1v) is 16.8. The van der Waals surface area contributed by atoms with Gasteiger partial charge in [0.1, 0.15) is 30.2 Å². The molecular weight excluding hydrogens is 718 g/mol. The first kappa shape index (κ1) is 43.3. The van der Waals surface area contributed by atoms with Gasteiger partial charge in [0.2, 0.25) is 35.4 Å². The number of aliphatic imine (C=N–C) groups is 1. The Bertz CT molecular complexity index is 1680. The average Bonchev–Trinajstić information content (AvgIpc) is 3.51. The Morgan fingerprint density at radius 3 is 1.92 bits per heavy atom. The molecule has 0 aliphatic heterocycles. The molecule has 1 aromatic heterocycles. The van der Waals surface area contributed by atoms with E-state index in [9.17, 15) is 48.6 Å². The van der Waals surface area contributed by atoms with Crippen LogP contribution in [0.15, 0.2) is 35.5 Å². The van der Waals surface area contributed by atoms with Crippen molar-refractivity contribution in [2.45, 2.75) is 68.7 Å². The number of aliphatic carboxylic acids is 2. The molecule has 0 unspecified atom stereocenters. The van der Waals surface area contributed by atoms with Crippen LogP contribution in [0.2, 0.25) is 0 Å². The summed E-state index contributed by atoms with van der Waals surface area (Å²) < 4.78 is 0. The minimum atomic E-state index is -1.78. The van der Waals surface area contributed by atoms with E-state index < -0.39 is 90.6 Å². The largest absolute Gasteiger partial charge is 0.481 e. The molecule has 1 heterocycles. The third kappa shape index (κ3) is 14.7. The van der Waals surface area contributed by atoms with E-state index in [4.69, 9.17) is 22.9 Å². The number of amides is 6. The number of thiol groups is 1. The van der Waals surface area contributed by atoms with Crippen LogP contribution < -0.4 is 49.5 Å². The van der Waals surface area contributed by atoms with E-state index in [1.54, 1.807) is 30.5 Å². The van der Waals surface area contributed by atoms with E-state index in [1.807, 2.05) is 0 Å². The minimum Gasteiger partial charge on any atom is -0.481 e. The summed E-state index contributed by atoms with van der Waals surface area (Å²) in [7, 11) is 0. The highest BCUT2D eigenvalue weighted by molar-refractivity contribution is 7.80. The fourth-order valence-electron chi connectivity index (χ4n) is 4.97. The van der Waals surface area contributed by atoms with Crippen LogP contribution in [0.25, 0.3) is 10.9 Å². The number of aromatic amines is 1. The smallest absolute Gasteiger partial charge is 0.326 e. The number of aromatic nitrogens is 1. The monoisotopic (exact) mass is 763 g/mol. The highest BCUT2D eigenvalue weighted by Gasteiger charge is 2.33. The van der Waals surface area contributed by atoms with E-state index in [1.165, 1.54) is 0 Å². The van der Waals surface area contributed by atoms with E-state index in [2.05, 4.69) is 49.2 Å². The van der Waals surface area contributed by atoms with E-state index in [0.29, 0.717) is 10.9 Å². The lowest BCUT2D eigenvalue weighted by Gasteiger charge is -2.26. The molecule has 0 aliphatic carbocycles. The van der Waals surface area contributed by atoms with Crippen LogP contribution in [0.5, 0.6) is 0 Å². The molecule has 0 radical (unpaired) electrons. The second kappa shape index (κ2) is 21.5. The summed E-state index contributed by atoms with van der Waals surface area (Å²) in [5, 5.41) is 31.7. The predicted molar refractivity (Wildman–Crippen MR) is 193 cm³/mol. The minimum absolute atomic E-state index is 0.0388. The zero-order chi connectivity index (χ0) is 39.7. The van der Waals surface area contributed by atoms with Crippen molar-refractivity contribution in [1.29, 1.82) is 0 Å². The van der Waals surface area contributed by atoms with Crippen LogP contribution in [0, 0.1) is 0 Å². The van der Waals surface area contributed by atoms with Gasteiger partial charge in [0, 0.05) is 42.2 Å². The first-order chi connectivity index (χ1) is 25.1. The number of carboxylic acids is 2. The molecule has 6 amide bonds. The van der Waals surface area contributed by atoms with Gasteiger partial charge in [-0.1, -0.05) is 18.2 Å². The number of carboxylic acid groups (broad SMARTS) is 2. The van der Waals surface area contributed by atoms with E-state index >= 15 is 0 Å². The molecule has 0 spiro atoms.